The van der Waals surface area contributed by atoms with Crippen molar-refractivity contribution in [1.29, 1.82) is 0 Å². The van der Waals surface area contributed by atoms with Gasteiger partial charge in [-0.3, -0.25) is 9.13 Å². The van der Waals surface area contributed by atoms with E-state index in [-0.39, 0.29) is 19.4 Å². The van der Waals surface area contributed by atoms with Crippen LogP contribution in [0.5, 0.6) is 0 Å². The van der Waals surface area contributed by atoms with Gasteiger partial charge in [-0.1, -0.05) is 12.2 Å². The molecule has 16 heavy (non-hydrogen) atoms. The van der Waals surface area contributed by atoms with E-state index >= 15 is 0 Å². The van der Waals surface area contributed by atoms with Crippen LogP contribution in [0.25, 0.3) is 0 Å². The molecule has 8 heteroatoms. The van der Waals surface area contributed by atoms with Crippen LogP contribution in [-0.2, 0) is 18.2 Å². The van der Waals surface area contributed by atoms with Crippen LogP contribution in [0.1, 0.15) is 0 Å². The van der Waals surface area contributed by atoms with Gasteiger partial charge in [0.2, 0.25) is 0 Å². The highest BCUT2D eigenvalue weighted by molar-refractivity contribution is 7.57. The second-order valence-electron chi connectivity index (χ2n) is 2.89. The molecule has 0 radical (unpaired) electrons. The van der Waals surface area contributed by atoms with Crippen molar-refractivity contribution in [3.63, 3.8) is 0 Å². The second kappa shape index (κ2) is 7.17. The minimum Gasteiger partial charge on any atom is -0.324 e. The third kappa shape index (κ3) is 7.99. The first-order valence-corrected chi connectivity index (χ1v) is 8.00. The average molecular weight is 270 g/mol. The zero-order valence-electron chi connectivity index (χ0n) is 8.82. The summed E-state index contributed by atoms with van der Waals surface area (Å²) in [6.07, 6.45) is 1.88. The Morgan fingerprint density at radius 2 is 1.44 bits per heavy atom. The molecule has 0 aliphatic carbocycles. The third-order valence-corrected chi connectivity index (χ3v) is 4.46. The van der Waals surface area contributed by atoms with Crippen molar-refractivity contribution in [1.82, 2.24) is 0 Å². The van der Waals surface area contributed by atoms with Crippen LogP contribution >= 0.6 is 15.2 Å². The molecule has 0 aromatic carbocycles. The second-order valence-corrected chi connectivity index (χ2v) is 6.85. The summed E-state index contributed by atoms with van der Waals surface area (Å²) in [4.78, 5) is 17.3. The van der Waals surface area contributed by atoms with Crippen molar-refractivity contribution in [2.45, 2.75) is 0 Å². The van der Waals surface area contributed by atoms with Gasteiger partial charge in [0.25, 0.3) is 0 Å². The summed E-state index contributed by atoms with van der Waals surface area (Å²) in [6, 6.07) is 0. The van der Waals surface area contributed by atoms with Crippen molar-refractivity contribution in [3.05, 3.63) is 25.3 Å². The van der Waals surface area contributed by atoms with Gasteiger partial charge in [-0.05, 0) is 0 Å². The highest BCUT2D eigenvalue weighted by atomic mass is 31.2. The molecular formula is C8H16O6P2. The smallest absolute Gasteiger partial charge is 0.324 e. The van der Waals surface area contributed by atoms with Crippen molar-refractivity contribution in [2.75, 3.05) is 25.5 Å². The average Bonchev–Trinajstić information content (AvgIpc) is 2.20. The molecule has 0 heterocycles. The zero-order valence-corrected chi connectivity index (χ0v) is 10.6. The van der Waals surface area contributed by atoms with Gasteiger partial charge in [-0.15, -0.1) is 13.2 Å². The van der Waals surface area contributed by atoms with E-state index in [0.717, 1.165) is 0 Å². The number of hydrogen-bond acceptors (Lipinski definition) is 4. The van der Waals surface area contributed by atoms with Gasteiger partial charge in [0.15, 0.2) is 0 Å². The Kier molecular flexibility index (Phi) is 7.07. The minimum atomic E-state index is -4.21. The Labute approximate surface area is 94.7 Å². The van der Waals surface area contributed by atoms with Crippen molar-refractivity contribution in [3.8, 4) is 0 Å². The molecular weight excluding hydrogens is 254 g/mol. The molecule has 0 bridgehead atoms. The molecule has 0 saturated carbocycles. The van der Waals surface area contributed by atoms with Crippen molar-refractivity contribution in [2.24, 2.45) is 0 Å². The van der Waals surface area contributed by atoms with Gasteiger partial charge in [-0.25, -0.2) is 0 Å². The van der Waals surface area contributed by atoms with Crippen LogP contribution in [0, 0.1) is 0 Å². The summed E-state index contributed by atoms with van der Waals surface area (Å²) in [5.74, 6) is 0. The summed E-state index contributed by atoms with van der Waals surface area (Å²) in [5, 5.41) is 0. The number of rotatable bonds is 9. The molecule has 0 atom stereocenters. The fourth-order valence-electron chi connectivity index (χ4n) is 0.752. The summed E-state index contributed by atoms with van der Waals surface area (Å²) in [6.45, 7) is 6.75. The largest absolute Gasteiger partial charge is 0.331 e. The van der Waals surface area contributed by atoms with Crippen LogP contribution in [0.3, 0.4) is 0 Å². The SMILES string of the molecule is C=CCOP(=O)(CCP(=O)(O)O)OCC=C. The molecule has 0 rings (SSSR count). The molecule has 94 valence electrons. The highest BCUT2D eigenvalue weighted by Crippen LogP contribution is 2.51. The van der Waals surface area contributed by atoms with Gasteiger partial charge in [0.05, 0.1) is 25.5 Å². The molecule has 0 aliphatic rings. The Bertz CT molecular complexity index is 304. The van der Waals surface area contributed by atoms with Crippen molar-refractivity contribution < 1.29 is 28.0 Å². The van der Waals surface area contributed by atoms with E-state index in [4.69, 9.17) is 18.8 Å². The lowest BCUT2D eigenvalue weighted by Gasteiger charge is -2.17. The summed E-state index contributed by atoms with van der Waals surface area (Å²) >= 11 is 0. The maximum absolute atomic E-state index is 11.9. The maximum atomic E-state index is 11.9. The lowest BCUT2D eigenvalue weighted by Crippen LogP contribution is -2.04. The van der Waals surface area contributed by atoms with E-state index in [1.165, 1.54) is 12.2 Å². The molecule has 0 unspecified atom stereocenters. The standard InChI is InChI=1S/C8H16O6P2/c1-3-5-13-16(12,14-6-4-2)8-7-15(9,10)11/h3-4H,1-2,5-8H2,(H2,9,10,11). The topological polar surface area (TPSA) is 93.1 Å². The quantitative estimate of drug-likeness (QED) is 0.490. The fourth-order valence-corrected chi connectivity index (χ4v) is 3.77. The van der Waals surface area contributed by atoms with E-state index in [9.17, 15) is 9.13 Å². The summed E-state index contributed by atoms with van der Waals surface area (Å²) in [5.41, 5.74) is 0. The molecule has 6 nitrogen and oxygen atoms in total. The monoisotopic (exact) mass is 270 g/mol. The van der Waals surface area contributed by atoms with E-state index in [1.807, 2.05) is 0 Å². The van der Waals surface area contributed by atoms with Crippen molar-refractivity contribution >= 4 is 15.2 Å². The first-order valence-electron chi connectivity index (χ1n) is 4.47. The first kappa shape index (κ1) is 15.8. The summed E-state index contributed by atoms with van der Waals surface area (Å²) < 4.78 is 32.3. The normalized spacial score (nSPS) is 12.4. The van der Waals surface area contributed by atoms with Crippen LogP contribution in [-0.4, -0.2) is 35.3 Å². The van der Waals surface area contributed by atoms with Crippen LogP contribution in [0.4, 0.5) is 0 Å². The number of hydrogen-bond donors (Lipinski definition) is 2. The molecule has 0 saturated heterocycles. The van der Waals surface area contributed by atoms with E-state index in [1.54, 1.807) is 0 Å². The molecule has 2 N–H and O–H groups in total. The van der Waals surface area contributed by atoms with Gasteiger partial charge >= 0.3 is 15.2 Å². The van der Waals surface area contributed by atoms with Gasteiger partial charge in [0.1, 0.15) is 0 Å². The zero-order chi connectivity index (χ0) is 12.7. The Hall–Kier alpha value is -0.220. The lowest BCUT2D eigenvalue weighted by atomic mass is 10.7. The molecule has 0 aromatic rings. The van der Waals surface area contributed by atoms with Crippen LogP contribution in [0.2, 0.25) is 0 Å². The Balaban J connectivity index is 4.40. The lowest BCUT2D eigenvalue weighted by molar-refractivity contribution is 0.237. The maximum Gasteiger partial charge on any atom is 0.331 e. The van der Waals surface area contributed by atoms with E-state index < -0.39 is 21.4 Å². The third-order valence-electron chi connectivity index (χ3n) is 1.44. The van der Waals surface area contributed by atoms with Crippen LogP contribution in [0.15, 0.2) is 25.3 Å². The Morgan fingerprint density at radius 1 is 1.00 bits per heavy atom. The molecule has 0 aromatic heterocycles. The fraction of sp³-hybridized carbons (Fsp3) is 0.500. The van der Waals surface area contributed by atoms with Gasteiger partial charge in [0, 0.05) is 0 Å². The predicted molar refractivity (Wildman–Crippen MR) is 61.7 cm³/mol. The van der Waals surface area contributed by atoms with E-state index in [0.29, 0.717) is 0 Å². The van der Waals surface area contributed by atoms with Crippen LogP contribution < -0.4 is 0 Å². The highest BCUT2D eigenvalue weighted by Gasteiger charge is 2.28. The molecule has 0 aliphatic heterocycles. The molecule has 0 fully saturated rings. The minimum absolute atomic E-state index is 0.00439. The summed E-state index contributed by atoms with van der Waals surface area (Å²) in [7, 11) is -7.69. The van der Waals surface area contributed by atoms with E-state index in [2.05, 4.69) is 13.2 Å². The molecule has 0 spiro atoms. The molecule has 0 amide bonds. The first-order chi connectivity index (χ1) is 7.33. The van der Waals surface area contributed by atoms with Gasteiger partial charge < -0.3 is 18.8 Å². The predicted octanol–water partition coefficient (Wildman–Crippen LogP) is 1.76. The Morgan fingerprint density at radius 3 is 1.75 bits per heavy atom. The van der Waals surface area contributed by atoms with Gasteiger partial charge in [-0.2, -0.15) is 0 Å².